The summed E-state index contributed by atoms with van der Waals surface area (Å²) in [4.78, 5) is 4.16. The number of thiocarbonyl (C=S) groups is 2. The first-order chi connectivity index (χ1) is 12.7. The van der Waals surface area contributed by atoms with E-state index in [0.717, 1.165) is 63.3 Å². The maximum atomic E-state index is 5.43. The van der Waals surface area contributed by atoms with Gasteiger partial charge in [0, 0.05) is 26.2 Å². The van der Waals surface area contributed by atoms with Crippen molar-refractivity contribution in [2.75, 3.05) is 52.6 Å². The summed E-state index contributed by atoms with van der Waals surface area (Å²) in [6.07, 6.45) is 4.00. The molecule has 26 heavy (non-hydrogen) atoms. The Kier molecular flexibility index (Phi) is 7.54. The smallest absolute Gasteiger partial charge is 0.189 e. The normalized spacial score (nSPS) is 24.6. The molecule has 3 aliphatic rings. The molecule has 0 atom stereocenters. The average Bonchev–Trinajstić information content (AvgIpc) is 2.72. The van der Waals surface area contributed by atoms with Gasteiger partial charge in [0.05, 0.1) is 37.9 Å². The van der Waals surface area contributed by atoms with Gasteiger partial charge in [-0.05, 0) is 50.1 Å². The molecule has 2 aliphatic heterocycles. The summed E-state index contributed by atoms with van der Waals surface area (Å²) in [6.45, 7) is 6.00. The minimum atomic E-state index is 0.641. The van der Waals surface area contributed by atoms with Gasteiger partial charge in [0.2, 0.25) is 0 Å². The van der Waals surface area contributed by atoms with Gasteiger partial charge in [-0.25, -0.2) is 0 Å². The van der Waals surface area contributed by atoms with Crippen molar-refractivity contribution in [2.45, 2.75) is 25.7 Å². The molecule has 0 aromatic heterocycles. The molecule has 0 bridgehead atoms. The predicted octanol–water partition coefficient (Wildman–Crippen LogP) is 0.686. The SMILES string of the molecule is S=C(NN=C1CCCCC1=NNC(=S)N1CCOCC1)N1CCOCC1. The van der Waals surface area contributed by atoms with Crippen LogP contribution in [0.25, 0.3) is 0 Å². The molecule has 2 heterocycles. The summed E-state index contributed by atoms with van der Waals surface area (Å²) in [7, 11) is 0. The molecule has 0 aromatic carbocycles. The van der Waals surface area contributed by atoms with E-state index in [4.69, 9.17) is 33.9 Å². The number of hydrogen-bond donors (Lipinski definition) is 2. The number of hydrogen-bond acceptors (Lipinski definition) is 6. The highest BCUT2D eigenvalue weighted by Crippen LogP contribution is 2.13. The first-order valence-electron chi connectivity index (χ1n) is 9.13. The zero-order chi connectivity index (χ0) is 18.2. The number of morpholine rings is 2. The summed E-state index contributed by atoms with van der Waals surface area (Å²) in [6, 6.07) is 0. The van der Waals surface area contributed by atoms with Crippen LogP contribution >= 0.6 is 24.4 Å². The molecular weight excluding hydrogens is 372 g/mol. The lowest BCUT2D eigenvalue weighted by Crippen LogP contribution is -2.45. The first kappa shape index (κ1) is 19.4. The zero-order valence-electron chi connectivity index (χ0n) is 14.9. The average molecular weight is 399 g/mol. The summed E-state index contributed by atoms with van der Waals surface area (Å²) in [5.41, 5.74) is 7.95. The van der Waals surface area contributed by atoms with E-state index in [1.807, 2.05) is 0 Å². The second-order valence-electron chi connectivity index (χ2n) is 6.36. The molecule has 2 saturated heterocycles. The Bertz CT molecular complexity index is 521. The quantitative estimate of drug-likeness (QED) is 0.520. The van der Waals surface area contributed by atoms with Gasteiger partial charge >= 0.3 is 0 Å². The molecule has 3 fully saturated rings. The minimum Gasteiger partial charge on any atom is -0.378 e. The fourth-order valence-electron chi connectivity index (χ4n) is 3.02. The van der Waals surface area contributed by atoms with Crippen LogP contribution in [0.5, 0.6) is 0 Å². The first-order valence-corrected chi connectivity index (χ1v) is 9.94. The second-order valence-corrected chi connectivity index (χ2v) is 7.13. The van der Waals surface area contributed by atoms with E-state index in [0.29, 0.717) is 36.7 Å². The van der Waals surface area contributed by atoms with Crippen molar-refractivity contribution < 1.29 is 9.47 Å². The van der Waals surface area contributed by atoms with Gasteiger partial charge in [0.15, 0.2) is 10.2 Å². The summed E-state index contributed by atoms with van der Waals surface area (Å²) < 4.78 is 10.7. The largest absolute Gasteiger partial charge is 0.378 e. The minimum absolute atomic E-state index is 0.641. The van der Waals surface area contributed by atoms with E-state index in [1.54, 1.807) is 0 Å². The topological polar surface area (TPSA) is 73.7 Å². The molecule has 3 rings (SSSR count). The van der Waals surface area contributed by atoms with Gasteiger partial charge < -0.3 is 19.3 Å². The molecule has 1 saturated carbocycles. The zero-order valence-corrected chi connectivity index (χ0v) is 16.5. The number of hydrazone groups is 2. The molecule has 0 amide bonds. The third-order valence-corrected chi connectivity index (χ3v) is 5.28. The third-order valence-electron chi connectivity index (χ3n) is 4.58. The van der Waals surface area contributed by atoms with E-state index >= 15 is 0 Å². The van der Waals surface area contributed by atoms with Crippen LogP contribution in [0.1, 0.15) is 25.7 Å². The predicted molar refractivity (Wildman–Crippen MR) is 110 cm³/mol. The van der Waals surface area contributed by atoms with E-state index in [1.165, 1.54) is 0 Å². The molecule has 0 unspecified atom stereocenters. The van der Waals surface area contributed by atoms with Crippen LogP contribution in [0.2, 0.25) is 0 Å². The molecule has 0 aromatic rings. The lowest BCUT2D eigenvalue weighted by Gasteiger charge is -2.29. The molecule has 10 heteroatoms. The van der Waals surface area contributed by atoms with Gasteiger partial charge in [0.1, 0.15) is 0 Å². The van der Waals surface area contributed by atoms with E-state index in [-0.39, 0.29) is 0 Å². The van der Waals surface area contributed by atoms with Crippen LogP contribution in [0.3, 0.4) is 0 Å². The Morgan fingerprint density at radius 3 is 1.50 bits per heavy atom. The van der Waals surface area contributed by atoms with Crippen molar-refractivity contribution >= 4 is 46.1 Å². The highest BCUT2D eigenvalue weighted by molar-refractivity contribution is 7.80. The van der Waals surface area contributed by atoms with Crippen molar-refractivity contribution in [3.63, 3.8) is 0 Å². The third kappa shape index (κ3) is 5.57. The number of nitrogens with one attached hydrogen (secondary N) is 2. The van der Waals surface area contributed by atoms with Crippen LogP contribution in [0.4, 0.5) is 0 Å². The number of rotatable bonds is 2. The fourth-order valence-corrected chi connectivity index (χ4v) is 3.48. The van der Waals surface area contributed by atoms with Gasteiger partial charge in [0.25, 0.3) is 0 Å². The monoisotopic (exact) mass is 398 g/mol. The summed E-state index contributed by atoms with van der Waals surface area (Å²) >= 11 is 10.9. The lowest BCUT2D eigenvalue weighted by atomic mass is 9.96. The molecule has 2 N–H and O–H groups in total. The summed E-state index contributed by atoms with van der Waals surface area (Å²) in [5.74, 6) is 0. The molecule has 1 aliphatic carbocycles. The maximum Gasteiger partial charge on any atom is 0.189 e. The van der Waals surface area contributed by atoms with Gasteiger partial charge in [-0.15, -0.1) is 0 Å². The van der Waals surface area contributed by atoms with Crippen molar-refractivity contribution in [2.24, 2.45) is 10.2 Å². The second kappa shape index (κ2) is 10.1. The highest BCUT2D eigenvalue weighted by atomic mass is 32.1. The molecule has 8 nitrogen and oxygen atoms in total. The van der Waals surface area contributed by atoms with Gasteiger partial charge in [-0.2, -0.15) is 10.2 Å². The summed E-state index contributed by atoms with van der Waals surface area (Å²) in [5, 5.41) is 10.3. The fraction of sp³-hybridized carbons (Fsp3) is 0.750. The number of nitrogens with zero attached hydrogens (tertiary/aromatic N) is 4. The van der Waals surface area contributed by atoms with Gasteiger partial charge in [-0.1, -0.05) is 0 Å². The van der Waals surface area contributed by atoms with Crippen LogP contribution in [0, 0.1) is 0 Å². The van der Waals surface area contributed by atoms with Crippen molar-refractivity contribution in [1.82, 2.24) is 20.7 Å². The standard InChI is InChI=1S/C16H26N6O2S2/c25-15(21-5-9-23-10-6-21)19-17-13-3-1-2-4-14(13)18-20-16(26)22-7-11-24-12-8-22/h1-12H2,(H,19,25)(H,20,26). The van der Waals surface area contributed by atoms with Gasteiger partial charge in [-0.3, -0.25) is 10.9 Å². The van der Waals surface area contributed by atoms with Crippen molar-refractivity contribution in [3.05, 3.63) is 0 Å². The Labute approximate surface area is 164 Å². The van der Waals surface area contributed by atoms with Crippen LogP contribution in [-0.2, 0) is 9.47 Å². The Hall–Kier alpha value is -1.36. The Morgan fingerprint density at radius 1 is 0.731 bits per heavy atom. The van der Waals surface area contributed by atoms with Crippen molar-refractivity contribution in [3.8, 4) is 0 Å². The Morgan fingerprint density at radius 2 is 1.12 bits per heavy atom. The maximum absolute atomic E-state index is 5.43. The molecular formula is C16H26N6O2S2. The van der Waals surface area contributed by atoms with E-state index in [9.17, 15) is 0 Å². The van der Waals surface area contributed by atoms with Crippen LogP contribution < -0.4 is 10.9 Å². The number of ether oxygens (including phenoxy) is 2. The molecule has 0 radical (unpaired) electrons. The molecule has 144 valence electrons. The van der Waals surface area contributed by atoms with E-state index in [2.05, 4.69) is 30.9 Å². The Balaban J connectivity index is 1.55. The lowest BCUT2D eigenvalue weighted by molar-refractivity contribution is 0.0677. The molecule has 0 spiro atoms. The van der Waals surface area contributed by atoms with Crippen molar-refractivity contribution in [1.29, 1.82) is 0 Å². The van der Waals surface area contributed by atoms with Crippen LogP contribution in [0.15, 0.2) is 10.2 Å². The van der Waals surface area contributed by atoms with E-state index < -0.39 is 0 Å². The van der Waals surface area contributed by atoms with Crippen LogP contribution in [-0.4, -0.2) is 84.1 Å². The highest BCUT2D eigenvalue weighted by Gasteiger charge is 2.18.